The Morgan fingerprint density at radius 2 is 1.17 bits per heavy atom. The molecule has 8 nitrogen and oxygen atoms in total. The van der Waals surface area contributed by atoms with Gasteiger partial charge in [-0.2, -0.15) is 39.5 Å². The van der Waals surface area contributed by atoms with Crippen molar-refractivity contribution >= 4 is 58.9 Å². The highest BCUT2D eigenvalue weighted by atomic mass is 35.5. The smallest absolute Gasteiger partial charge is 0.417 e. The average Bonchev–Trinajstić information content (AvgIpc) is 3.38. The second kappa shape index (κ2) is 15.2. The molecule has 0 aliphatic heterocycles. The Bertz CT molecular complexity index is 1780. The van der Waals surface area contributed by atoms with Crippen molar-refractivity contribution in [2.75, 3.05) is 0 Å². The number of benzene rings is 3. The molecule has 1 heterocycles. The van der Waals surface area contributed by atoms with Crippen LogP contribution in [0, 0.1) is 4.84 Å². The summed E-state index contributed by atoms with van der Waals surface area (Å²) in [6.07, 6.45) is -13.8. The maximum absolute atomic E-state index is 12.6. The molecule has 1 aromatic heterocycles. The molecule has 4 aromatic rings. The maximum atomic E-state index is 12.6. The van der Waals surface area contributed by atoms with Crippen LogP contribution in [0.15, 0.2) is 59.0 Å². The number of nitrogens with zero attached hydrogens (tertiary/aromatic N) is 1. The second-order valence-electron chi connectivity index (χ2n) is 8.27. The van der Waals surface area contributed by atoms with Crippen LogP contribution >= 0.6 is 47.0 Å². The first-order chi connectivity index (χ1) is 21.1. The Labute approximate surface area is 270 Å². The summed E-state index contributed by atoms with van der Waals surface area (Å²) in [5.74, 6) is 2.54. The van der Waals surface area contributed by atoms with Gasteiger partial charge in [-0.05, 0) is 66.8 Å². The van der Waals surface area contributed by atoms with Gasteiger partial charge in [0.15, 0.2) is 0 Å². The van der Waals surface area contributed by atoms with E-state index in [0.29, 0.717) is 12.1 Å². The first-order valence-corrected chi connectivity index (χ1v) is 13.0. The molecular weight excluding hydrogens is 730 g/mol. The highest BCUT2D eigenvalue weighted by molar-refractivity contribution is 7.71. The summed E-state index contributed by atoms with van der Waals surface area (Å²) in [6.45, 7) is 0. The zero-order valence-corrected chi connectivity index (χ0v) is 24.9. The highest BCUT2D eigenvalue weighted by Crippen LogP contribution is 2.38. The molecule has 0 saturated carbocycles. The van der Waals surface area contributed by atoms with Gasteiger partial charge in [-0.1, -0.05) is 34.8 Å². The average molecular weight is 744 g/mol. The van der Waals surface area contributed by atoms with Crippen molar-refractivity contribution in [1.82, 2.24) is 15.6 Å². The number of carboxylic acids is 1. The van der Waals surface area contributed by atoms with Crippen LogP contribution in [-0.2, 0) is 18.5 Å². The van der Waals surface area contributed by atoms with E-state index in [2.05, 4.69) is 22.4 Å². The lowest BCUT2D eigenvalue weighted by Gasteiger charge is -2.09. The van der Waals surface area contributed by atoms with Gasteiger partial charge in [0.05, 0.1) is 37.3 Å². The molecule has 5 N–H and O–H groups in total. The van der Waals surface area contributed by atoms with E-state index >= 15 is 0 Å². The van der Waals surface area contributed by atoms with Gasteiger partial charge in [0.2, 0.25) is 5.89 Å². The summed E-state index contributed by atoms with van der Waals surface area (Å²) in [4.78, 5) is 21.3. The molecule has 248 valence electrons. The van der Waals surface area contributed by atoms with Crippen molar-refractivity contribution in [3.05, 3.63) is 102 Å². The van der Waals surface area contributed by atoms with Crippen LogP contribution < -0.4 is 11.3 Å². The van der Waals surface area contributed by atoms with E-state index in [9.17, 15) is 49.1 Å². The fourth-order valence-electron chi connectivity index (χ4n) is 3.07. The first kappa shape index (κ1) is 38.3. The Morgan fingerprint density at radius 1 is 0.761 bits per heavy atom. The number of aromatic amines is 1. The van der Waals surface area contributed by atoms with E-state index in [1.54, 1.807) is 5.43 Å². The number of alkyl halides is 9. The third-order valence-electron chi connectivity index (χ3n) is 5.14. The molecule has 21 heteroatoms. The minimum atomic E-state index is -4.64. The van der Waals surface area contributed by atoms with Crippen molar-refractivity contribution in [2.45, 2.75) is 18.5 Å². The number of carbonyl (C=O) groups excluding carboxylic acids is 1. The summed E-state index contributed by atoms with van der Waals surface area (Å²) in [5, 5.41) is 13.1. The maximum Gasteiger partial charge on any atom is 0.417 e. The van der Waals surface area contributed by atoms with E-state index in [-0.39, 0.29) is 26.9 Å². The van der Waals surface area contributed by atoms with Crippen LogP contribution in [0.25, 0.3) is 11.5 Å². The molecule has 0 atom stereocenters. The van der Waals surface area contributed by atoms with Crippen LogP contribution in [0.5, 0.6) is 0 Å². The lowest BCUT2D eigenvalue weighted by Crippen LogP contribution is -2.30. The molecule has 0 radical (unpaired) electrons. The number of aromatic carboxylic acids is 1. The van der Waals surface area contributed by atoms with E-state index in [1.807, 2.05) is 0 Å². The van der Waals surface area contributed by atoms with Crippen molar-refractivity contribution in [1.29, 1.82) is 0 Å². The van der Waals surface area contributed by atoms with Gasteiger partial charge in [0, 0.05) is 11.1 Å². The van der Waals surface area contributed by atoms with Crippen LogP contribution in [0.4, 0.5) is 39.5 Å². The number of halogens is 12. The molecule has 0 aliphatic carbocycles. The Morgan fingerprint density at radius 3 is 1.57 bits per heavy atom. The van der Waals surface area contributed by atoms with Crippen molar-refractivity contribution < 1.29 is 58.6 Å². The van der Waals surface area contributed by atoms with Gasteiger partial charge in [-0.3, -0.25) is 10.2 Å². The molecule has 0 spiro atoms. The molecule has 1 amide bonds. The molecule has 0 saturated heterocycles. The van der Waals surface area contributed by atoms with Gasteiger partial charge >= 0.3 is 24.5 Å². The predicted molar refractivity (Wildman–Crippen MR) is 149 cm³/mol. The monoisotopic (exact) mass is 742 g/mol. The van der Waals surface area contributed by atoms with E-state index in [4.69, 9.17) is 50.2 Å². The second-order valence-corrected chi connectivity index (χ2v) is 9.87. The normalized spacial score (nSPS) is 11.5. The van der Waals surface area contributed by atoms with Crippen LogP contribution in [0.2, 0.25) is 15.1 Å². The van der Waals surface area contributed by atoms with Gasteiger partial charge in [0.25, 0.3) is 10.7 Å². The summed E-state index contributed by atoms with van der Waals surface area (Å²) < 4.78 is 116. The van der Waals surface area contributed by atoms with Crippen molar-refractivity contribution in [3.63, 3.8) is 0 Å². The summed E-state index contributed by atoms with van der Waals surface area (Å²) in [6, 6.07) is 8.58. The Kier molecular flexibility index (Phi) is 12.6. The quantitative estimate of drug-likeness (QED) is 0.0541. The molecule has 0 fully saturated rings. The van der Waals surface area contributed by atoms with Gasteiger partial charge < -0.3 is 9.52 Å². The van der Waals surface area contributed by atoms with Crippen molar-refractivity contribution in [3.8, 4) is 11.5 Å². The number of hydrazine groups is 1. The fourth-order valence-corrected chi connectivity index (χ4v) is 3.87. The lowest BCUT2D eigenvalue weighted by atomic mass is 10.1. The highest BCUT2D eigenvalue weighted by Gasteiger charge is 2.35. The molecule has 0 unspecified atom stereocenters. The third-order valence-corrected chi connectivity index (χ3v) is 6.30. The zero-order chi connectivity index (χ0) is 35.2. The zero-order valence-electron chi connectivity index (χ0n) is 21.8. The summed E-state index contributed by atoms with van der Waals surface area (Å²) in [7, 11) is 0. The molecule has 3 aromatic carbocycles. The number of aromatic nitrogens is 2. The summed E-state index contributed by atoms with van der Waals surface area (Å²) in [5.41, 5.74) is -1.91. The number of nitrogens with one attached hydrogen (secondary N) is 2. The Balaban J connectivity index is 0.000000242. The number of carboxylic acid groups (broad SMARTS) is 1. The molecule has 0 aliphatic rings. The molecule has 46 heavy (non-hydrogen) atoms. The number of carbonyl (C=O) groups is 2. The molecular formula is C25H14Cl3F9N4O4S. The van der Waals surface area contributed by atoms with Gasteiger partial charge in [-0.15, -0.1) is 5.10 Å². The molecule has 4 rings (SSSR count). The fraction of sp³-hybridized carbons (Fsp3) is 0.120. The van der Waals surface area contributed by atoms with Crippen molar-refractivity contribution in [2.24, 2.45) is 5.84 Å². The number of amides is 1. The Hall–Kier alpha value is -3.84. The summed E-state index contributed by atoms with van der Waals surface area (Å²) >= 11 is 20.7. The number of hydrogen-bond donors (Lipinski definition) is 4. The van der Waals surface area contributed by atoms with Crippen LogP contribution in [-0.4, -0.2) is 27.2 Å². The predicted octanol–water partition coefficient (Wildman–Crippen LogP) is 9.09. The largest absolute Gasteiger partial charge is 0.478 e. The third kappa shape index (κ3) is 10.6. The van der Waals surface area contributed by atoms with Gasteiger partial charge in [0.1, 0.15) is 0 Å². The minimum absolute atomic E-state index is 0.0106. The number of hydrogen-bond acceptors (Lipinski definition) is 6. The topological polar surface area (TPSA) is 134 Å². The minimum Gasteiger partial charge on any atom is -0.478 e. The standard InChI is InChI=1S/C9H4ClF3N2OS.C8H6ClF3N2O.C8H4ClF3O2/c10-6-2-1-4(3-5(6)9(11,12)13)7-14-15-8(17)16-7;9-6-2-1-4(7(15)14-13)3-5(6)8(10,11)12;9-6-2-1-4(7(13)14)3-5(6)8(10,11)12/h1-3H,(H,15,17);1-3H,13H2,(H,14,15);1-3H,(H,13,14). The van der Waals surface area contributed by atoms with E-state index < -0.39 is 62.7 Å². The van der Waals surface area contributed by atoms with Crippen LogP contribution in [0.3, 0.4) is 0 Å². The number of H-pyrrole nitrogens is 1. The number of nitrogen functional groups attached to an aromatic ring is 1. The van der Waals surface area contributed by atoms with E-state index in [1.165, 1.54) is 6.07 Å². The number of nitrogens with two attached hydrogens (primary N) is 1. The SMILES string of the molecule is FC(F)(F)c1cc(-c2n[nH]c(=S)o2)ccc1Cl.NNC(=O)c1ccc(Cl)c(C(F)(F)F)c1.O=C(O)c1ccc(Cl)c(C(F)(F)F)c1. The lowest BCUT2D eigenvalue weighted by molar-refractivity contribution is -0.138. The van der Waals surface area contributed by atoms with Crippen LogP contribution in [0.1, 0.15) is 37.4 Å². The van der Waals surface area contributed by atoms with Gasteiger partial charge in [-0.25, -0.2) is 15.7 Å². The van der Waals surface area contributed by atoms with E-state index in [0.717, 1.165) is 36.4 Å². The molecule has 0 bridgehead atoms. The number of rotatable bonds is 3. The first-order valence-electron chi connectivity index (χ1n) is 11.5.